The average Bonchev–Trinajstić information content (AvgIpc) is 2.17. The van der Waals surface area contributed by atoms with E-state index < -0.39 is 0 Å². The maximum atomic E-state index is 5.66. The molecule has 0 aliphatic heterocycles. The van der Waals surface area contributed by atoms with Gasteiger partial charge in [0.15, 0.2) is 0 Å². The van der Waals surface area contributed by atoms with Gasteiger partial charge in [-0.15, -0.1) is 0 Å². The van der Waals surface area contributed by atoms with Crippen molar-refractivity contribution in [3.05, 3.63) is 0 Å². The molecule has 1 nitrogen and oxygen atoms in total. The summed E-state index contributed by atoms with van der Waals surface area (Å²) >= 11 is 0. The molecule has 1 fully saturated rings. The fourth-order valence-corrected chi connectivity index (χ4v) is 2.33. The van der Waals surface area contributed by atoms with Gasteiger partial charge in [0, 0.05) is 0 Å². The van der Waals surface area contributed by atoms with E-state index in [1.165, 1.54) is 32.1 Å². The molecule has 1 aliphatic rings. The lowest BCUT2D eigenvalue weighted by atomic mass is 9.76. The van der Waals surface area contributed by atoms with Crippen molar-refractivity contribution in [1.29, 1.82) is 0 Å². The molecule has 1 heteroatoms. The molecule has 0 aromatic carbocycles. The Morgan fingerprint density at radius 1 is 1.25 bits per heavy atom. The van der Waals surface area contributed by atoms with Crippen LogP contribution in [0.5, 0.6) is 0 Å². The van der Waals surface area contributed by atoms with Crippen LogP contribution >= 0.6 is 0 Å². The van der Waals surface area contributed by atoms with Gasteiger partial charge in [-0.3, -0.25) is 0 Å². The van der Waals surface area contributed by atoms with E-state index in [4.69, 9.17) is 5.73 Å². The lowest BCUT2D eigenvalue weighted by molar-refractivity contribution is 0.214. The van der Waals surface area contributed by atoms with E-state index >= 15 is 0 Å². The van der Waals surface area contributed by atoms with Crippen LogP contribution in [0.15, 0.2) is 0 Å². The van der Waals surface area contributed by atoms with E-state index in [1.54, 1.807) is 0 Å². The van der Waals surface area contributed by atoms with Crippen LogP contribution in [-0.2, 0) is 0 Å². The van der Waals surface area contributed by atoms with Crippen molar-refractivity contribution >= 4 is 0 Å². The molecule has 1 aliphatic carbocycles. The number of hydrogen-bond donors (Lipinski definition) is 1. The monoisotopic (exact) mass is 169 g/mol. The molecule has 1 rings (SSSR count). The second kappa shape index (κ2) is 4.86. The molecule has 1 saturated carbocycles. The molecule has 0 amide bonds. The molecule has 72 valence electrons. The van der Waals surface area contributed by atoms with E-state index in [9.17, 15) is 0 Å². The Balaban J connectivity index is 2.25. The maximum Gasteiger partial charge on any atom is -0.00489 e. The van der Waals surface area contributed by atoms with Gasteiger partial charge in [0.25, 0.3) is 0 Å². The largest absolute Gasteiger partial charge is 0.330 e. The number of rotatable bonds is 3. The van der Waals surface area contributed by atoms with E-state index in [0.717, 1.165) is 24.3 Å². The molecule has 0 bridgehead atoms. The summed E-state index contributed by atoms with van der Waals surface area (Å²) in [7, 11) is 0. The second-order valence-electron chi connectivity index (χ2n) is 4.40. The lowest BCUT2D eigenvalue weighted by Gasteiger charge is -2.31. The molecule has 12 heavy (non-hydrogen) atoms. The van der Waals surface area contributed by atoms with Crippen molar-refractivity contribution in [3.63, 3.8) is 0 Å². The topological polar surface area (TPSA) is 26.0 Å². The highest BCUT2D eigenvalue weighted by atomic mass is 14.5. The van der Waals surface area contributed by atoms with E-state index in [0.29, 0.717) is 0 Å². The third-order valence-electron chi connectivity index (χ3n) is 3.67. The Hall–Kier alpha value is -0.0400. The van der Waals surface area contributed by atoms with E-state index in [2.05, 4.69) is 13.8 Å². The third-order valence-corrected chi connectivity index (χ3v) is 3.67. The summed E-state index contributed by atoms with van der Waals surface area (Å²) < 4.78 is 0. The van der Waals surface area contributed by atoms with Crippen LogP contribution in [-0.4, -0.2) is 6.54 Å². The zero-order valence-electron chi connectivity index (χ0n) is 8.55. The highest BCUT2D eigenvalue weighted by molar-refractivity contribution is 4.75. The molecular formula is C11H23N. The van der Waals surface area contributed by atoms with Gasteiger partial charge in [-0.25, -0.2) is 0 Å². The van der Waals surface area contributed by atoms with Crippen LogP contribution in [0, 0.1) is 17.8 Å². The first-order valence-electron chi connectivity index (χ1n) is 5.48. The Labute approximate surface area is 76.7 Å². The summed E-state index contributed by atoms with van der Waals surface area (Å²) in [6.45, 7) is 5.61. The van der Waals surface area contributed by atoms with Gasteiger partial charge < -0.3 is 5.73 Å². The van der Waals surface area contributed by atoms with Gasteiger partial charge in [-0.1, -0.05) is 20.3 Å². The van der Waals surface area contributed by atoms with Crippen LogP contribution < -0.4 is 5.73 Å². The highest BCUT2D eigenvalue weighted by Crippen LogP contribution is 2.33. The Morgan fingerprint density at radius 3 is 2.25 bits per heavy atom. The molecule has 1 atom stereocenters. The minimum absolute atomic E-state index is 0.838. The zero-order chi connectivity index (χ0) is 8.97. The highest BCUT2D eigenvalue weighted by Gasteiger charge is 2.23. The van der Waals surface area contributed by atoms with Gasteiger partial charge >= 0.3 is 0 Å². The van der Waals surface area contributed by atoms with Crippen molar-refractivity contribution in [2.24, 2.45) is 23.5 Å². The third kappa shape index (κ3) is 2.48. The standard InChI is InChI=1S/C11H23N/c1-3-9(2)11-6-4-10(8-12)5-7-11/h9-11H,3-8,12H2,1-2H3/t9?,10-,11-. The van der Waals surface area contributed by atoms with E-state index in [1.807, 2.05) is 0 Å². The van der Waals surface area contributed by atoms with Crippen LogP contribution in [0.4, 0.5) is 0 Å². The van der Waals surface area contributed by atoms with Crippen molar-refractivity contribution in [3.8, 4) is 0 Å². The predicted octanol–water partition coefficient (Wildman–Crippen LogP) is 2.80. The van der Waals surface area contributed by atoms with Gasteiger partial charge in [-0.05, 0) is 50.0 Å². The van der Waals surface area contributed by atoms with Crippen molar-refractivity contribution in [1.82, 2.24) is 0 Å². The Morgan fingerprint density at radius 2 is 1.83 bits per heavy atom. The van der Waals surface area contributed by atoms with Gasteiger partial charge in [-0.2, -0.15) is 0 Å². The summed E-state index contributed by atoms with van der Waals surface area (Å²) in [5, 5.41) is 0. The molecule has 0 aromatic rings. The maximum absolute atomic E-state index is 5.66. The molecule has 1 unspecified atom stereocenters. The van der Waals surface area contributed by atoms with Crippen molar-refractivity contribution < 1.29 is 0 Å². The summed E-state index contributed by atoms with van der Waals surface area (Å²) in [4.78, 5) is 0. The average molecular weight is 169 g/mol. The summed E-state index contributed by atoms with van der Waals surface area (Å²) in [5.74, 6) is 2.77. The molecule has 0 radical (unpaired) electrons. The number of hydrogen-bond acceptors (Lipinski definition) is 1. The summed E-state index contributed by atoms with van der Waals surface area (Å²) in [5.41, 5.74) is 5.66. The van der Waals surface area contributed by atoms with Crippen molar-refractivity contribution in [2.75, 3.05) is 6.54 Å². The van der Waals surface area contributed by atoms with Crippen LogP contribution in [0.25, 0.3) is 0 Å². The molecule has 0 heterocycles. The normalized spacial score (nSPS) is 33.2. The lowest BCUT2D eigenvalue weighted by Crippen LogP contribution is -2.24. The first-order chi connectivity index (χ1) is 5.77. The van der Waals surface area contributed by atoms with Crippen LogP contribution in [0.2, 0.25) is 0 Å². The van der Waals surface area contributed by atoms with Gasteiger partial charge in [0.1, 0.15) is 0 Å². The summed E-state index contributed by atoms with van der Waals surface area (Å²) in [6, 6.07) is 0. The Kier molecular flexibility index (Phi) is 4.07. The molecule has 0 aromatic heterocycles. The van der Waals surface area contributed by atoms with Gasteiger partial charge in [0.05, 0.1) is 0 Å². The minimum Gasteiger partial charge on any atom is -0.330 e. The second-order valence-corrected chi connectivity index (χ2v) is 4.40. The SMILES string of the molecule is CCC(C)[C@H]1CC[C@H](CN)CC1. The van der Waals surface area contributed by atoms with E-state index in [-0.39, 0.29) is 0 Å². The van der Waals surface area contributed by atoms with Crippen LogP contribution in [0.3, 0.4) is 0 Å². The number of nitrogens with two attached hydrogens (primary N) is 1. The quantitative estimate of drug-likeness (QED) is 0.690. The molecule has 2 N–H and O–H groups in total. The first kappa shape index (κ1) is 10.0. The molecular weight excluding hydrogens is 146 g/mol. The zero-order valence-corrected chi connectivity index (χ0v) is 8.55. The molecule has 0 spiro atoms. The van der Waals surface area contributed by atoms with Crippen LogP contribution in [0.1, 0.15) is 46.0 Å². The van der Waals surface area contributed by atoms with Gasteiger partial charge in [0.2, 0.25) is 0 Å². The summed E-state index contributed by atoms with van der Waals surface area (Å²) in [6.07, 6.45) is 6.96. The fraction of sp³-hybridized carbons (Fsp3) is 1.00. The van der Waals surface area contributed by atoms with Crippen molar-refractivity contribution in [2.45, 2.75) is 46.0 Å². The predicted molar refractivity (Wildman–Crippen MR) is 54.0 cm³/mol. The minimum atomic E-state index is 0.838. The fourth-order valence-electron chi connectivity index (χ4n) is 2.33. The smallest absolute Gasteiger partial charge is 0.00489 e. The first-order valence-corrected chi connectivity index (χ1v) is 5.48. The Bertz CT molecular complexity index is 114. The molecule has 0 saturated heterocycles.